The normalized spacial score (nSPS) is 19.2. The van der Waals surface area contributed by atoms with Gasteiger partial charge in [-0.05, 0) is 51.8 Å². The van der Waals surface area contributed by atoms with Gasteiger partial charge in [-0.1, -0.05) is 6.92 Å². The van der Waals surface area contributed by atoms with E-state index in [0.717, 1.165) is 6.42 Å². The third kappa shape index (κ3) is 9.35. The number of nitrogens with zero attached hydrogens (tertiary/aromatic N) is 2. The van der Waals surface area contributed by atoms with Crippen molar-refractivity contribution in [3.8, 4) is 0 Å². The standard InChI is InChI=1S/C12H20N2O2.CH6N2/c1-9(13-3)14-11(16)8-10(15)4-5-12(2)6-7-12;1-3-2/h8,10,15-16H,3-7H2,1-2H3;3H,2H2,1H3/b11-8-,14-9-;. The van der Waals surface area contributed by atoms with Crippen LogP contribution in [0, 0.1) is 5.41 Å². The van der Waals surface area contributed by atoms with Gasteiger partial charge >= 0.3 is 0 Å². The fourth-order valence-corrected chi connectivity index (χ4v) is 1.45. The van der Waals surface area contributed by atoms with Gasteiger partial charge in [-0.15, -0.1) is 0 Å². The van der Waals surface area contributed by atoms with Crippen molar-refractivity contribution in [2.24, 2.45) is 21.2 Å². The quantitative estimate of drug-likeness (QED) is 0.200. The van der Waals surface area contributed by atoms with Gasteiger partial charge < -0.3 is 10.2 Å². The number of hydrogen-bond acceptors (Lipinski definition) is 5. The molecule has 1 atom stereocenters. The van der Waals surface area contributed by atoms with E-state index in [9.17, 15) is 10.2 Å². The summed E-state index contributed by atoms with van der Waals surface area (Å²) in [6.45, 7) is 7.14. The van der Waals surface area contributed by atoms with Crippen molar-refractivity contribution in [1.82, 2.24) is 5.43 Å². The van der Waals surface area contributed by atoms with E-state index in [-0.39, 0.29) is 5.88 Å². The fraction of sp³-hybridized carbons (Fsp3) is 0.692. The monoisotopic (exact) mass is 270 g/mol. The summed E-state index contributed by atoms with van der Waals surface area (Å²) in [5.41, 5.74) is 2.67. The van der Waals surface area contributed by atoms with Crippen molar-refractivity contribution in [2.75, 3.05) is 7.05 Å². The Balaban J connectivity index is 0.000000982. The number of nitrogens with two attached hydrogens (primary N) is 1. The number of aliphatic hydroxyl groups excluding tert-OH is 2. The van der Waals surface area contributed by atoms with Gasteiger partial charge in [-0.25, -0.2) is 4.99 Å². The molecule has 1 saturated carbocycles. The Kier molecular flexibility index (Phi) is 8.22. The molecule has 1 aliphatic carbocycles. The van der Waals surface area contributed by atoms with Crippen molar-refractivity contribution >= 4 is 12.6 Å². The Bertz CT molecular complexity index is 336. The van der Waals surface area contributed by atoms with Gasteiger partial charge in [0.05, 0.1) is 6.10 Å². The second-order valence-corrected chi connectivity index (χ2v) is 5.05. The third-order valence-electron chi connectivity index (χ3n) is 2.99. The summed E-state index contributed by atoms with van der Waals surface area (Å²) in [5.74, 6) is 4.79. The predicted molar refractivity (Wildman–Crippen MR) is 79.2 cm³/mol. The van der Waals surface area contributed by atoms with Crippen LogP contribution in [0.25, 0.3) is 0 Å². The lowest BCUT2D eigenvalue weighted by molar-refractivity contribution is 0.193. The molecule has 0 bridgehead atoms. The predicted octanol–water partition coefficient (Wildman–Crippen LogP) is 1.53. The first-order valence-electron chi connectivity index (χ1n) is 6.35. The summed E-state index contributed by atoms with van der Waals surface area (Å²) in [6.07, 6.45) is 4.84. The number of aliphatic hydroxyl groups is 2. The van der Waals surface area contributed by atoms with Crippen molar-refractivity contribution in [2.45, 2.75) is 45.6 Å². The van der Waals surface area contributed by atoms with Crippen LogP contribution in [-0.2, 0) is 0 Å². The Morgan fingerprint density at radius 1 is 1.58 bits per heavy atom. The van der Waals surface area contributed by atoms with Crippen LogP contribution < -0.4 is 11.3 Å². The maximum Gasteiger partial charge on any atom is 0.210 e. The Labute approximate surface area is 115 Å². The molecule has 1 unspecified atom stereocenters. The summed E-state index contributed by atoms with van der Waals surface area (Å²) in [4.78, 5) is 7.29. The van der Waals surface area contributed by atoms with Crippen LogP contribution in [0.3, 0.4) is 0 Å². The van der Waals surface area contributed by atoms with Gasteiger partial charge in [-0.3, -0.25) is 11.3 Å². The first-order valence-corrected chi connectivity index (χ1v) is 6.35. The van der Waals surface area contributed by atoms with Crippen molar-refractivity contribution in [1.29, 1.82) is 0 Å². The molecule has 0 heterocycles. The van der Waals surface area contributed by atoms with Crippen molar-refractivity contribution < 1.29 is 10.2 Å². The van der Waals surface area contributed by atoms with Gasteiger partial charge in [0.25, 0.3) is 0 Å². The van der Waals surface area contributed by atoms with E-state index in [1.54, 1.807) is 14.0 Å². The highest BCUT2D eigenvalue weighted by atomic mass is 16.3. The number of hydrazine groups is 1. The average Bonchev–Trinajstić information content (AvgIpc) is 3.06. The Morgan fingerprint density at radius 3 is 2.53 bits per heavy atom. The first-order chi connectivity index (χ1) is 8.86. The molecule has 6 nitrogen and oxygen atoms in total. The van der Waals surface area contributed by atoms with E-state index in [1.165, 1.54) is 18.9 Å². The molecule has 0 aromatic rings. The summed E-state index contributed by atoms with van der Waals surface area (Å²) < 4.78 is 0. The molecule has 5 N–H and O–H groups in total. The molecule has 1 aliphatic rings. The van der Waals surface area contributed by atoms with Gasteiger partial charge in [0, 0.05) is 6.08 Å². The summed E-state index contributed by atoms with van der Waals surface area (Å²) in [7, 11) is 1.65. The molecule has 0 spiro atoms. The maximum absolute atomic E-state index is 9.64. The highest BCUT2D eigenvalue weighted by Gasteiger charge is 2.36. The molecule has 0 aliphatic heterocycles. The van der Waals surface area contributed by atoms with Crippen LogP contribution in [0.2, 0.25) is 0 Å². The van der Waals surface area contributed by atoms with E-state index >= 15 is 0 Å². The van der Waals surface area contributed by atoms with Gasteiger partial charge in [0.2, 0.25) is 5.88 Å². The minimum atomic E-state index is -0.640. The molecule has 19 heavy (non-hydrogen) atoms. The SMILES string of the molecule is C=N/C(C)=N\C(O)=C\C(O)CCC1(C)CC1.CNN. The molecule has 0 radical (unpaired) electrons. The van der Waals surface area contributed by atoms with E-state index in [1.807, 2.05) is 0 Å². The fourth-order valence-electron chi connectivity index (χ4n) is 1.45. The van der Waals surface area contributed by atoms with Crippen LogP contribution in [-0.4, -0.2) is 35.9 Å². The zero-order valence-corrected chi connectivity index (χ0v) is 12.1. The molecule has 0 aromatic heterocycles. The average molecular weight is 270 g/mol. The first kappa shape index (κ1) is 17.8. The van der Waals surface area contributed by atoms with Gasteiger partial charge in [0.1, 0.15) is 5.84 Å². The van der Waals surface area contributed by atoms with Crippen LogP contribution in [0.4, 0.5) is 0 Å². The van der Waals surface area contributed by atoms with Crippen LogP contribution >= 0.6 is 0 Å². The van der Waals surface area contributed by atoms with Crippen LogP contribution in [0.5, 0.6) is 0 Å². The van der Waals surface area contributed by atoms with Crippen LogP contribution in [0.1, 0.15) is 39.5 Å². The molecular weight excluding hydrogens is 244 g/mol. The molecule has 1 fully saturated rings. The van der Waals surface area contributed by atoms with Crippen molar-refractivity contribution in [3.05, 3.63) is 12.0 Å². The van der Waals surface area contributed by atoms with Gasteiger partial charge in [0.15, 0.2) is 0 Å². The van der Waals surface area contributed by atoms with E-state index in [4.69, 9.17) is 0 Å². The Hall–Kier alpha value is -1.24. The number of hydrogen-bond donors (Lipinski definition) is 4. The Morgan fingerprint density at radius 2 is 2.11 bits per heavy atom. The lowest BCUT2D eigenvalue weighted by Gasteiger charge is -2.10. The number of aliphatic imine (C=N–C) groups is 2. The number of amidine groups is 1. The van der Waals surface area contributed by atoms with E-state index in [0.29, 0.717) is 17.7 Å². The summed E-state index contributed by atoms with van der Waals surface area (Å²) >= 11 is 0. The maximum atomic E-state index is 9.64. The second-order valence-electron chi connectivity index (χ2n) is 5.05. The molecule has 0 amide bonds. The third-order valence-corrected chi connectivity index (χ3v) is 2.99. The molecule has 0 aromatic carbocycles. The minimum Gasteiger partial charge on any atom is -0.493 e. The largest absolute Gasteiger partial charge is 0.493 e. The lowest BCUT2D eigenvalue weighted by Crippen LogP contribution is -2.13. The molecule has 110 valence electrons. The highest BCUT2D eigenvalue weighted by molar-refractivity contribution is 5.84. The van der Waals surface area contributed by atoms with Crippen LogP contribution in [0.15, 0.2) is 21.9 Å². The van der Waals surface area contributed by atoms with Gasteiger partial charge in [-0.2, -0.15) is 4.99 Å². The minimum absolute atomic E-state index is 0.196. The van der Waals surface area contributed by atoms with E-state index in [2.05, 4.69) is 34.9 Å². The summed E-state index contributed by atoms with van der Waals surface area (Å²) in [5, 5.41) is 19.0. The molecule has 6 heteroatoms. The number of rotatable bonds is 5. The zero-order chi connectivity index (χ0) is 14.9. The zero-order valence-electron chi connectivity index (χ0n) is 12.1. The van der Waals surface area contributed by atoms with E-state index < -0.39 is 6.10 Å². The second kappa shape index (κ2) is 8.79. The highest BCUT2D eigenvalue weighted by Crippen LogP contribution is 2.49. The number of nitrogens with one attached hydrogen (secondary N) is 1. The molecule has 0 saturated heterocycles. The van der Waals surface area contributed by atoms with Crippen molar-refractivity contribution in [3.63, 3.8) is 0 Å². The lowest BCUT2D eigenvalue weighted by atomic mass is 10.0. The topological polar surface area (TPSA) is 103 Å². The summed E-state index contributed by atoms with van der Waals surface area (Å²) in [6, 6.07) is 0. The molecule has 1 rings (SSSR count). The smallest absolute Gasteiger partial charge is 0.210 e. The molecular formula is C13H26N4O2.